The van der Waals surface area contributed by atoms with Crippen LogP contribution in [0, 0.1) is 6.92 Å². The van der Waals surface area contributed by atoms with Crippen molar-refractivity contribution in [3.05, 3.63) is 58.4 Å². The Labute approximate surface area is 152 Å². The first-order valence-electron chi connectivity index (χ1n) is 8.36. The Morgan fingerprint density at radius 2 is 1.80 bits per heavy atom. The van der Waals surface area contributed by atoms with Crippen LogP contribution in [0.5, 0.6) is 0 Å². The normalized spacial score (nSPS) is 14.2. The van der Waals surface area contributed by atoms with Crippen LogP contribution in [0.1, 0.15) is 45.5 Å². The Morgan fingerprint density at radius 1 is 1.08 bits per heavy atom. The monoisotopic (exact) mass is 357 g/mol. The van der Waals surface area contributed by atoms with E-state index in [9.17, 15) is 9.59 Å². The van der Waals surface area contributed by atoms with Gasteiger partial charge in [-0.1, -0.05) is 11.6 Å². The van der Waals surface area contributed by atoms with Crippen molar-refractivity contribution in [2.24, 2.45) is 0 Å². The zero-order valence-corrected chi connectivity index (χ0v) is 14.8. The molecule has 0 bridgehead atoms. The lowest BCUT2D eigenvalue weighted by Gasteiger charge is -2.26. The van der Waals surface area contributed by atoms with Gasteiger partial charge in [0.25, 0.3) is 11.8 Å². The quantitative estimate of drug-likeness (QED) is 0.905. The molecule has 0 unspecified atom stereocenters. The third-order valence-corrected chi connectivity index (χ3v) is 4.56. The first-order valence-corrected chi connectivity index (χ1v) is 8.74. The van der Waals surface area contributed by atoms with E-state index in [1.165, 1.54) is 12.4 Å². The van der Waals surface area contributed by atoms with E-state index >= 15 is 0 Å². The lowest BCUT2D eigenvalue weighted by atomic mass is 10.1. The van der Waals surface area contributed by atoms with E-state index < -0.39 is 0 Å². The van der Waals surface area contributed by atoms with E-state index in [-0.39, 0.29) is 11.8 Å². The molecule has 1 aromatic heterocycles. The van der Waals surface area contributed by atoms with Gasteiger partial charge in [0.1, 0.15) is 0 Å². The third-order valence-electron chi connectivity index (χ3n) is 4.33. The molecule has 1 N–H and O–H groups in total. The van der Waals surface area contributed by atoms with Crippen molar-refractivity contribution in [1.82, 2.24) is 9.88 Å². The van der Waals surface area contributed by atoms with Crippen LogP contribution in [0.15, 0.2) is 36.7 Å². The Bertz CT molecular complexity index is 801. The number of rotatable bonds is 3. The lowest BCUT2D eigenvalue weighted by Crippen LogP contribution is -2.35. The summed E-state index contributed by atoms with van der Waals surface area (Å²) in [5.74, 6) is -0.365. The second-order valence-electron chi connectivity index (χ2n) is 6.23. The SMILES string of the molecule is Cc1cc(Cl)ccc1NC(=O)c1cncc(C(=O)N2CCCCC2)c1. The van der Waals surface area contributed by atoms with Gasteiger partial charge in [-0.25, -0.2) is 0 Å². The van der Waals surface area contributed by atoms with Crippen molar-refractivity contribution in [1.29, 1.82) is 0 Å². The van der Waals surface area contributed by atoms with Crippen LogP contribution in [0.4, 0.5) is 5.69 Å². The first-order chi connectivity index (χ1) is 12.0. The molecular formula is C19H20ClN3O2. The summed E-state index contributed by atoms with van der Waals surface area (Å²) in [5.41, 5.74) is 2.36. The molecule has 6 heteroatoms. The minimum Gasteiger partial charge on any atom is -0.339 e. The zero-order valence-electron chi connectivity index (χ0n) is 14.1. The first kappa shape index (κ1) is 17.4. The highest BCUT2D eigenvalue weighted by Gasteiger charge is 2.19. The molecule has 1 aliphatic heterocycles. The van der Waals surface area contributed by atoms with Crippen LogP contribution >= 0.6 is 11.6 Å². The van der Waals surface area contributed by atoms with Crippen molar-refractivity contribution < 1.29 is 9.59 Å². The van der Waals surface area contributed by atoms with Crippen LogP contribution in [0.3, 0.4) is 0 Å². The van der Waals surface area contributed by atoms with Gasteiger partial charge in [0.15, 0.2) is 0 Å². The average Bonchev–Trinajstić information content (AvgIpc) is 2.64. The highest BCUT2D eigenvalue weighted by atomic mass is 35.5. The summed E-state index contributed by atoms with van der Waals surface area (Å²) in [5, 5.41) is 3.45. The van der Waals surface area contributed by atoms with Crippen LogP contribution in [-0.2, 0) is 0 Å². The Hall–Kier alpha value is -2.40. The molecule has 130 valence electrons. The molecule has 0 saturated carbocycles. The predicted molar refractivity (Wildman–Crippen MR) is 98.1 cm³/mol. The molecule has 1 saturated heterocycles. The van der Waals surface area contributed by atoms with Crippen molar-refractivity contribution in [3.8, 4) is 0 Å². The molecule has 0 atom stereocenters. The van der Waals surface area contributed by atoms with Gasteiger partial charge in [0.05, 0.1) is 11.1 Å². The Balaban J connectivity index is 1.76. The lowest BCUT2D eigenvalue weighted by molar-refractivity contribution is 0.0724. The number of piperidine rings is 1. The molecule has 2 heterocycles. The highest BCUT2D eigenvalue weighted by molar-refractivity contribution is 6.30. The maximum atomic E-state index is 12.6. The number of anilines is 1. The number of nitrogens with one attached hydrogen (secondary N) is 1. The van der Waals surface area contributed by atoms with Crippen LogP contribution in [0.25, 0.3) is 0 Å². The number of carbonyl (C=O) groups is 2. The maximum absolute atomic E-state index is 12.6. The minimum atomic E-state index is -0.300. The van der Waals surface area contributed by atoms with Crippen LogP contribution in [-0.4, -0.2) is 34.8 Å². The van der Waals surface area contributed by atoms with Crippen LogP contribution in [0.2, 0.25) is 5.02 Å². The van der Waals surface area contributed by atoms with Crippen molar-refractivity contribution in [3.63, 3.8) is 0 Å². The molecule has 3 rings (SSSR count). The number of halogens is 1. The molecule has 0 aliphatic carbocycles. The predicted octanol–water partition coefficient (Wildman–Crippen LogP) is 3.92. The van der Waals surface area contributed by atoms with E-state index in [0.717, 1.165) is 37.9 Å². The second kappa shape index (κ2) is 7.66. The van der Waals surface area contributed by atoms with Gasteiger partial charge >= 0.3 is 0 Å². The molecule has 25 heavy (non-hydrogen) atoms. The molecule has 0 spiro atoms. The number of likely N-dealkylation sites (tertiary alicyclic amines) is 1. The van der Waals surface area contributed by atoms with Gasteiger partial charge in [0, 0.05) is 36.2 Å². The number of amides is 2. The Kier molecular flexibility index (Phi) is 5.34. The topological polar surface area (TPSA) is 62.3 Å². The number of nitrogens with zero attached hydrogens (tertiary/aromatic N) is 2. The molecule has 2 amide bonds. The fraction of sp³-hybridized carbons (Fsp3) is 0.316. The smallest absolute Gasteiger partial charge is 0.257 e. The summed E-state index contributed by atoms with van der Waals surface area (Å²) >= 11 is 5.94. The fourth-order valence-electron chi connectivity index (χ4n) is 2.92. The van der Waals surface area contributed by atoms with Gasteiger partial charge in [-0.05, 0) is 56.0 Å². The van der Waals surface area contributed by atoms with Gasteiger partial charge in [0.2, 0.25) is 0 Å². The van der Waals surface area contributed by atoms with Gasteiger partial charge in [-0.2, -0.15) is 0 Å². The summed E-state index contributed by atoms with van der Waals surface area (Å²) in [6.45, 7) is 3.40. The largest absolute Gasteiger partial charge is 0.339 e. The average molecular weight is 358 g/mol. The van der Waals surface area contributed by atoms with Crippen molar-refractivity contribution in [2.75, 3.05) is 18.4 Å². The van der Waals surface area contributed by atoms with Gasteiger partial charge < -0.3 is 10.2 Å². The number of benzene rings is 1. The summed E-state index contributed by atoms with van der Waals surface area (Å²) in [7, 11) is 0. The molecule has 1 fully saturated rings. The molecule has 2 aromatic rings. The van der Waals surface area contributed by atoms with Crippen molar-refractivity contribution >= 4 is 29.1 Å². The summed E-state index contributed by atoms with van der Waals surface area (Å²) in [6.07, 6.45) is 6.18. The van der Waals surface area contributed by atoms with Crippen LogP contribution < -0.4 is 5.32 Å². The fourth-order valence-corrected chi connectivity index (χ4v) is 3.15. The zero-order chi connectivity index (χ0) is 17.8. The summed E-state index contributed by atoms with van der Waals surface area (Å²) in [6, 6.07) is 6.86. The number of aromatic nitrogens is 1. The van der Waals surface area contributed by atoms with E-state index in [1.54, 1.807) is 24.3 Å². The maximum Gasteiger partial charge on any atom is 0.257 e. The number of aryl methyl sites for hydroxylation is 1. The molecule has 5 nitrogen and oxygen atoms in total. The van der Waals surface area contributed by atoms with E-state index in [1.807, 2.05) is 11.8 Å². The number of hydrogen-bond acceptors (Lipinski definition) is 3. The number of carbonyl (C=O) groups excluding carboxylic acids is 2. The molecular weight excluding hydrogens is 338 g/mol. The highest BCUT2D eigenvalue weighted by Crippen LogP contribution is 2.20. The number of pyridine rings is 1. The van der Waals surface area contributed by atoms with E-state index in [2.05, 4.69) is 10.3 Å². The Morgan fingerprint density at radius 3 is 2.52 bits per heavy atom. The van der Waals surface area contributed by atoms with E-state index in [4.69, 9.17) is 11.6 Å². The molecule has 1 aromatic carbocycles. The molecule has 0 radical (unpaired) electrons. The summed E-state index contributed by atoms with van der Waals surface area (Å²) in [4.78, 5) is 31.0. The second-order valence-corrected chi connectivity index (χ2v) is 6.66. The van der Waals surface area contributed by atoms with Crippen molar-refractivity contribution in [2.45, 2.75) is 26.2 Å². The van der Waals surface area contributed by atoms with Gasteiger partial charge in [-0.3, -0.25) is 14.6 Å². The third kappa shape index (κ3) is 4.17. The number of hydrogen-bond donors (Lipinski definition) is 1. The molecule has 1 aliphatic rings. The van der Waals surface area contributed by atoms with Gasteiger partial charge in [-0.15, -0.1) is 0 Å². The standard InChI is InChI=1S/C19H20ClN3O2/c1-13-9-16(20)5-6-17(13)22-18(24)14-10-15(12-21-11-14)19(25)23-7-3-2-4-8-23/h5-6,9-12H,2-4,7-8H2,1H3,(H,22,24). The summed E-state index contributed by atoms with van der Waals surface area (Å²) < 4.78 is 0. The minimum absolute atomic E-state index is 0.0653. The van der Waals surface area contributed by atoms with E-state index in [0.29, 0.717) is 21.8 Å².